The van der Waals surface area contributed by atoms with Gasteiger partial charge in [0, 0.05) is 6.42 Å². The van der Waals surface area contributed by atoms with Gasteiger partial charge in [0.2, 0.25) is 0 Å². The van der Waals surface area contributed by atoms with Crippen LogP contribution in [0.3, 0.4) is 0 Å². The molecule has 0 radical (unpaired) electrons. The summed E-state index contributed by atoms with van der Waals surface area (Å²) < 4.78 is 6.12. The van der Waals surface area contributed by atoms with Gasteiger partial charge in [0.25, 0.3) is 0 Å². The molecule has 1 aliphatic carbocycles. The van der Waals surface area contributed by atoms with Crippen molar-refractivity contribution in [3.63, 3.8) is 0 Å². The molecule has 3 nitrogen and oxygen atoms in total. The van der Waals surface area contributed by atoms with E-state index in [1.807, 2.05) is 19.1 Å². The van der Waals surface area contributed by atoms with Crippen LogP contribution in [0.4, 0.5) is 0 Å². The lowest BCUT2D eigenvalue weighted by Gasteiger charge is -2.23. The van der Waals surface area contributed by atoms with Crippen LogP contribution < -0.4 is 10.1 Å². The number of rotatable bonds is 4. The number of hydrogen-bond acceptors (Lipinski definition) is 3. The van der Waals surface area contributed by atoms with Crippen molar-refractivity contribution < 1.29 is 4.74 Å². The largest absolute Gasteiger partial charge is 0.490 e. The molecule has 0 saturated heterocycles. The van der Waals surface area contributed by atoms with E-state index in [9.17, 15) is 5.26 Å². The highest BCUT2D eigenvalue weighted by Crippen LogP contribution is 2.33. The van der Waals surface area contributed by atoms with Gasteiger partial charge < -0.3 is 4.74 Å². The number of hydrogen-bond donors (Lipinski definition) is 1. The minimum atomic E-state index is -0.402. The maximum atomic E-state index is 9.41. The van der Waals surface area contributed by atoms with Crippen LogP contribution in [0.25, 0.3) is 0 Å². The quantitative estimate of drug-likeness (QED) is 0.916. The van der Waals surface area contributed by atoms with E-state index in [0.717, 1.165) is 31.6 Å². The molecular formula is C18H26N2O. The van der Waals surface area contributed by atoms with Crippen LogP contribution in [-0.2, 0) is 5.41 Å². The molecule has 1 N–H and O–H groups in total. The van der Waals surface area contributed by atoms with E-state index in [4.69, 9.17) is 4.74 Å². The van der Waals surface area contributed by atoms with E-state index >= 15 is 0 Å². The van der Waals surface area contributed by atoms with Crippen molar-refractivity contribution in [2.24, 2.45) is 0 Å². The van der Waals surface area contributed by atoms with E-state index in [0.29, 0.717) is 0 Å². The Morgan fingerprint density at radius 1 is 1.43 bits per heavy atom. The molecule has 0 aromatic heterocycles. The number of nitrogens with one attached hydrogen (secondary N) is 1. The summed E-state index contributed by atoms with van der Waals surface area (Å²) in [6, 6.07) is 10.8. The standard InChI is InChI=1S/C18H26N2O/c1-5-20-18(13-19)10-9-16(12-18)21-15-8-6-7-14(11-15)17(2,3)4/h6-8,11,16,20H,5,9-10,12H2,1-4H3. The van der Waals surface area contributed by atoms with Crippen LogP contribution in [-0.4, -0.2) is 18.2 Å². The van der Waals surface area contributed by atoms with Crippen LogP contribution in [0.15, 0.2) is 24.3 Å². The Hall–Kier alpha value is -1.53. The third-order valence-corrected chi connectivity index (χ3v) is 4.20. The Balaban J connectivity index is 2.06. The van der Waals surface area contributed by atoms with E-state index in [2.05, 4.69) is 44.3 Å². The topological polar surface area (TPSA) is 45.0 Å². The molecule has 114 valence electrons. The van der Waals surface area contributed by atoms with Gasteiger partial charge in [-0.15, -0.1) is 0 Å². The van der Waals surface area contributed by atoms with Crippen molar-refractivity contribution in [3.8, 4) is 11.8 Å². The number of nitriles is 1. The Kier molecular flexibility index (Phi) is 4.58. The molecule has 0 heterocycles. The molecule has 3 heteroatoms. The Labute approximate surface area is 128 Å². The van der Waals surface area contributed by atoms with Gasteiger partial charge in [-0.3, -0.25) is 5.32 Å². The summed E-state index contributed by atoms with van der Waals surface area (Å²) in [7, 11) is 0. The second kappa shape index (κ2) is 6.07. The first-order chi connectivity index (χ1) is 9.88. The molecule has 1 aromatic rings. The maximum absolute atomic E-state index is 9.41. The minimum Gasteiger partial charge on any atom is -0.490 e. The summed E-state index contributed by atoms with van der Waals surface area (Å²) in [4.78, 5) is 0. The van der Waals surface area contributed by atoms with E-state index in [-0.39, 0.29) is 11.5 Å². The molecule has 1 saturated carbocycles. The smallest absolute Gasteiger partial charge is 0.120 e. The number of ether oxygens (including phenoxy) is 1. The van der Waals surface area contributed by atoms with Crippen LogP contribution in [0.1, 0.15) is 52.5 Å². The summed E-state index contributed by atoms with van der Waals surface area (Å²) in [5, 5.41) is 12.7. The first kappa shape index (κ1) is 15.9. The van der Waals surface area contributed by atoms with Crippen LogP contribution in [0.2, 0.25) is 0 Å². The second-order valence-corrected chi connectivity index (χ2v) is 6.98. The molecule has 0 spiro atoms. The van der Waals surface area contributed by atoms with E-state index in [1.165, 1.54) is 5.56 Å². The fourth-order valence-electron chi connectivity index (χ4n) is 2.97. The van der Waals surface area contributed by atoms with Gasteiger partial charge in [0.1, 0.15) is 17.4 Å². The first-order valence-electron chi connectivity index (χ1n) is 7.82. The van der Waals surface area contributed by atoms with Gasteiger partial charge in [-0.25, -0.2) is 0 Å². The molecule has 1 aliphatic rings. The van der Waals surface area contributed by atoms with E-state index in [1.54, 1.807) is 0 Å². The van der Waals surface area contributed by atoms with Crippen LogP contribution >= 0.6 is 0 Å². The van der Waals surface area contributed by atoms with Crippen LogP contribution in [0.5, 0.6) is 5.75 Å². The zero-order valence-electron chi connectivity index (χ0n) is 13.6. The van der Waals surface area contributed by atoms with Gasteiger partial charge in [0.15, 0.2) is 0 Å². The first-order valence-corrected chi connectivity index (χ1v) is 7.82. The molecule has 0 bridgehead atoms. The fourth-order valence-corrected chi connectivity index (χ4v) is 2.97. The van der Waals surface area contributed by atoms with E-state index < -0.39 is 5.54 Å². The third kappa shape index (κ3) is 3.77. The molecule has 1 aromatic carbocycles. The molecule has 2 unspecified atom stereocenters. The Bertz CT molecular complexity index is 527. The summed E-state index contributed by atoms with van der Waals surface area (Å²) >= 11 is 0. The van der Waals surface area contributed by atoms with Crippen molar-refractivity contribution in [1.29, 1.82) is 5.26 Å². The van der Waals surface area contributed by atoms with Gasteiger partial charge in [-0.2, -0.15) is 5.26 Å². The highest BCUT2D eigenvalue weighted by molar-refractivity contribution is 5.33. The average molecular weight is 286 g/mol. The summed E-state index contributed by atoms with van der Waals surface area (Å²) in [5.41, 5.74) is 0.993. The third-order valence-electron chi connectivity index (χ3n) is 4.20. The molecule has 0 aliphatic heterocycles. The van der Waals surface area contributed by atoms with Gasteiger partial charge >= 0.3 is 0 Å². The van der Waals surface area contributed by atoms with Crippen molar-refractivity contribution in [1.82, 2.24) is 5.32 Å². The van der Waals surface area contributed by atoms with Gasteiger partial charge in [-0.1, -0.05) is 39.8 Å². The molecular weight excluding hydrogens is 260 g/mol. The van der Waals surface area contributed by atoms with Gasteiger partial charge in [-0.05, 0) is 42.5 Å². The molecule has 1 fully saturated rings. The normalized spacial score (nSPS) is 25.6. The SMILES string of the molecule is CCNC1(C#N)CCC(Oc2cccc(C(C)(C)C)c2)C1. The monoisotopic (exact) mass is 286 g/mol. The molecule has 21 heavy (non-hydrogen) atoms. The lowest BCUT2D eigenvalue weighted by molar-refractivity contribution is 0.201. The zero-order valence-corrected chi connectivity index (χ0v) is 13.6. The second-order valence-electron chi connectivity index (χ2n) is 6.98. The molecule has 0 amide bonds. The van der Waals surface area contributed by atoms with Crippen molar-refractivity contribution in [2.45, 2.75) is 64.0 Å². The highest BCUT2D eigenvalue weighted by Gasteiger charge is 2.39. The lowest BCUT2D eigenvalue weighted by atomic mass is 9.87. The van der Waals surface area contributed by atoms with Crippen molar-refractivity contribution >= 4 is 0 Å². The average Bonchev–Trinajstić information content (AvgIpc) is 2.82. The highest BCUT2D eigenvalue weighted by atomic mass is 16.5. The lowest BCUT2D eigenvalue weighted by Crippen LogP contribution is -2.42. The van der Waals surface area contributed by atoms with Gasteiger partial charge in [0.05, 0.1) is 6.07 Å². The predicted molar refractivity (Wildman–Crippen MR) is 85.4 cm³/mol. The van der Waals surface area contributed by atoms with Crippen LogP contribution in [0, 0.1) is 11.3 Å². The predicted octanol–water partition coefficient (Wildman–Crippen LogP) is 3.79. The fraction of sp³-hybridized carbons (Fsp3) is 0.611. The molecule has 2 rings (SSSR count). The Morgan fingerprint density at radius 2 is 2.19 bits per heavy atom. The molecule has 2 atom stereocenters. The van der Waals surface area contributed by atoms with Crippen molar-refractivity contribution in [3.05, 3.63) is 29.8 Å². The zero-order chi connectivity index (χ0) is 15.5. The minimum absolute atomic E-state index is 0.120. The summed E-state index contributed by atoms with van der Waals surface area (Å²) in [5.74, 6) is 0.915. The van der Waals surface area contributed by atoms with Crippen molar-refractivity contribution in [2.75, 3.05) is 6.54 Å². The number of nitrogens with zero attached hydrogens (tertiary/aromatic N) is 1. The number of benzene rings is 1. The Morgan fingerprint density at radius 3 is 2.81 bits per heavy atom. The summed E-state index contributed by atoms with van der Waals surface area (Å²) in [6.45, 7) is 9.47. The maximum Gasteiger partial charge on any atom is 0.120 e. The summed E-state index contributed by atoms with van der Waals surface area (Å²) in [6.07, 6.45) is 2.68.